The van der Waals surface area contributed by atoms with E-state index < -0.39 is 0 Å². The van der Waals surface area contributed by atoms with Crippen LogP contribution >= 0.6 is 0 Å². The van der Waals surface area contributed by atoms with Crippen molar-refractivity contribution in [2.45, 2.75) is 132 Å². The van der Waals surface area contributed by atoms with Crippen LogP contribution in [-0.2, 0) is 0 Å². The fourth-order valence-corrected chi connectivity index (χ4v) is 9.97. The van der Waals surface area contributed by atoms with Crippen molar-refractivity contribution in [3.8, 4) is 0 Å². The van der Waals surface area contributed by atoms with E-state index in [0.29, 0.717) is 0 Å². The maximum absolute atomic E-state index is 2.77. The third-order valence-corrected chi connectivity index (χ3v) is 10.8. The SMILES string of the molecule is C.CC.CC(C)CCCCC1CCC2C1(C)CCC1C34CCCCC3CCC214. The van der Waals surface area contributed by atoms with E-state index in [9.17, 15) is 0 Å². The number of unbranched alkanes of at least 4 members (excludes halogenated alkanes) is 1. The van der Waals surface area contributed by atoms with Crippen molar-refractivity contribution in [2.24, 2.45) is 45.8 Å². The van der Waals surface area contributed by atoms with Gasteiger partial charge in [0, 0.05) is 0 Å². The van der Waals surface area contributed by atoms with E-state index >= 15 is 0 Å². The first kappa shape index (κ1) is 22.7. The van der Waals surface area contributed by atoms with Crippen LogP contribution in [0.25, 0.3) is 0 Å². The molecular formula is C28H52. The Labute approximate surface area is 178 Å². The van der Waals surface area contributed by atoms with Gasteiger partial charge in [-0.3, -0.25) is 0 Å². The second kappa shape index (κ2) is 8.26. The van der Waals surface area contributed by atoms with Crippen molar-refractivity contribution in [1.82, 2.24) is 0 Å². The van der Waals surface area contributed by atoms with E-state index in [1.807, 2.05) is 13.8 Å². The lowest BCUT2D eigenvalue weighted by molar-refractivity contribution is 0.0303. The lowest BCUT2D eigenvalue weighted by Crippen LogP contribution is -2.38. The second-order valence-corrected chi connectivity index (χ2v) is 11.7. The summed E-state index contributed by atoms with van der Waals surface area (Å²) in [7, 11) is 0. The number of fused-ring (bicyclic) bond motifs is 1. The molecule has 7 unspecified atom stereocenters. The highest BCUT2D eigenvalue weighted by Gasteiger charge is 2.85. The van der Waals surface area contributed by atoms with Gasteiger partial charge in [0.25, 0.3) is 0 Å². The van der Waals surface area contributed by atoms with Crippen LogP contribution in [-0.4, -0.2) is 0 Å². The Morgan fingerprint density at radius 3 is 2.32 bits per heavy atom. The van der Waals surface area contributed by atoms with Crippen LogP contribution in [0.5, 0.6) is 0 Å². The van der Waals surface area contributed by atoms with Gasteiger partial charge in [-0.25, -0.2) is 0 Å². The van der Waals surface area contributed by atoms with E-state index in [4.69, 9.17) is 0 Å². The highest BCUT2D eigenvalue weighted by atomic mass is 14.9. The zero-order valence-corrected chi connectivity index (χ0v) is 19.3. The molecule has 2 spiro atoms. The fraction of sp³-hybridized carbons (Fsp3) is 1.00. The molecule has 5 aliphatic rings. The molecule has 0 amide bonds. The summed E-state index contributed by atoms with van der Waals surface area (Å²) in [5.74, 6) is 5.42. The van der Waals surface area contributed by atoms with Gasteiger partial charge in [0.05, 0.1) is 0 Å². The Morgan fingerprint density at radius 1 is 0.786 bits per heavy atom. The van der Waals surface area contributed by atoms with Gasteiger partial charge in [-0.1, -0.05) is 74.1 Å². The fourth-order valence-electron chi connectivity index (χ4n) is 9.97. The molecule has 0 heterocycles. The Kier molecular flexibility index (Phi) is 6.69. The van der Waals surface area contributed by atoms with Gasteiger partial charge in [-0.15, -0.1) is 0 Å². The van der Waals surface area contributed by atoms with Crippen LogP contribution in [0, 0.1) is 45.8 Å². The van der Waals surface area contributed by atoms with Crippen molar-refractivity contribution in [3.05, 3.63) is 0 Å². The van der Waals surface area contributed by atoms with Crippen molar-refractivity contribution >= 4 is 0 Å². The van der Waals surface area contributed by atoms with E-state index in [1.165, 1.54) is 25.2 Å². The molecule has 5 saturated carbocycles. The molecule has 0 aromatic rings. The second-order valence-electron chi connectivity index (χ2n) is 11.7. The van der Waals surface area contributed by atoms with E-state index in [2.05, 4.69) is 20.8 Å². The quantitative estimate of drug-likeness (QED) is 0.411. The predicted molar refractivity (Wildman–Crippen MR) is 124 cm³/mol. The zero-order valence-electron chi connectivity index (χ0n) is 19.3. The normalized spacial score (nSPS) is 47.8. The summed E-state index contributed by atoms with van der Waals surface area (Å²) in [5, 5.41) is 0. The minimum absolute atomic E-state index is 0. The minimum atomic E-state index is 0. The first-order chi connectivity index (χ1) is 13.1. The van der Waals surface area contributed by atoms with Crippen LogP contribution in [0.15, 0.2) is 0 Å². The molecule has 0 bridgehead atoms. The van der Waals surface area contributed by atoms with Gasteiger partial charge in [-0.05, 0) is 104 Å². The zero-order chi connectivity index (χ0) is 19.3. The summed E-state index contributed by atoms with van der Waals surface area (Å²) in [6.45, 7) is 11.5. The predicted octanol–water partition coefficient (Wildman–Crippen LogP) is 9.28. The Balaban J connectivity index is 0.000000728. The standard InChI is InChI=1S/C25H42.C2H6.CH4/c1-18(2)8-4-5-9-19-11-12-21-23(19,3)16-14-22-24-15-7-6-10-20(24)13-17-25(21,22)24;1-2;/h18-22H,4-17H2,1-3H3;1-2H3;1H4. The molecule has 0 aromatic carbocycles. The van der Waals surface area contributed by atoms with Crippen LogP contribution < -0.4 is 0 Å². The van der Waals surface area contributed by atoms with Crippen LogP contribution in [0.1, 0.15) is 132 Å². The van der Waals surface area contributed by atoms with Crippen molar-refractivity contribution < 1.29 is 0 Å². The largest absolute Gasteiger partial charge is 0.0776 e. The number of rotatable bonds is 5. The first-order valence-electron chi connectivity index (χ1n) is 13.1. The van der Waals surface area contributed by atoms with E-state index in [1.54, 1.807) is 70.6 Å². The summed E-state index contributed by atoms with van der Waals surface area (Å²) in [6.07, 6.45) is 22.0. The van der Waals surface area contributed by atoms with Gasteiger partial charge in [0.1, 0.15) is 0 Å². The summed E-state index contributed by atoms with van der Waals surface area (Å²) < 4.78 is 0. The molecule has 7 atom stereocenters. The summed E-state index contributed by atoms with van der Waals surface area (Å²) in [6, 6.07) is 0. The third-order valence-electron chi connectivity index (χ3n) is 10.8. The van der Waals surface area contributed by atoms with Gasteiger partial charge >= 0.3 is 0 Å². The van der Waals surface area contributed by atoms with Crippen molar-refractivity contribution in [3.63, 3.8) is 0 Å². The first-order valence-corrected chi connectivity index (χ1v) is 13.1. The molecule has 0 aromatic heterocycles. The average molecular weight is 389 g/mol. The van der Waals surface area contributed by atoms with Gasteiger partial charge in [0.15, 0.2) is 0 Å². The molecule has 5 aliphatic carbocycles. The summed E-state index contributed by atoms with van der Waals surface area (Å²) >= 11 is 0. The highest BCUT2D eigenvalue weighted by molar-refractivity contribution is 5.33. The van der Waals surface area contributed by atoms with Crippen molar-refractivity contribution in [2.75, 3.05) is 0 Å². The number of hydrogen-bond donors (Lipinski definition) is 0. The molecule has 0 N–H and O–H groups in total. The molecule has 164 valence electrons. The van der Waals surface area contributed by atoms with Crippen LogP contribution in [0.3, 0.4) is 0 Å². The Bertz CT molecular complexity index is 520. The lowest BCUT2D eigenvalue weighted by Gasteiger charge is -2.45. The van der Waals surface area contributed by atoms with Crippen LogP contribution in [0.4, 0.5) is 0 Å². The smallest absolute Gasteiger partial charge is 0.0168 e. The maximum Gasteiger partial charge on any atom is -0.0168 e. The Hall–Kier alpha value is 0. The molecule has 0 aliphatic heterocycles. The molecule has 0 radical (unpaired) electrons. The maximum atomic E-state index is 2.77. The van der Waals surface area contributed by atoms with Gasteiger partial charge < -0.3 is 0 Å². The highest BCUT2D eigenvalue weighted by Crippen LogP contribution is 2.91. The topological polar surface area (TPSA) is 0 Å². The number of hydrogen-bond acceptors (Lipinski definition) is 0. The molecule has 0 nitrogen and oxygen atoms in total. The van der Waals surface area contributed by atoms with Crippen molar-refractivity contribution in [1.29, 1.82) is 0 Å². The lowest BCUT2D eigenvalue weighted by atomic mass is 9.59. The Morgan fingerprint density at radius 2 is 1.57 bits per heavy atom. The van der Waals surface area contributed by atoms with E-state index in [0.717, 1.165) is 39.9 Å². The molecular weight excluding hydrogens is 336 g/mol. The monoisotopic (exact) mass is 388 g/mol. The molecule has 0 saturated heterocycles. The van der Waals surface area contributed by atoms with Gasteiger partial charge in [0.2, 0.25) is 0 Å². The summed E-state index contributed by atoms with van der Waals surface area (Å²) in [5.41, 5.74) is 2.46. The molecule has 28 heavy (non-hydrogen) atoms. The summed E-state index contributed by atoms with van der Waals surface area (Å²) in [4.78, 5) is 0. The molecule has 5 fully saturated rings. The van der Waals surface area contributed by atoms with E-state index in [-0.39, 0.29) is 7.43 Å². The molecule has 0 heteroatoms. The third kappa shape index (κ3) is 2.89. The van der Waals surface area contributed by atoms with Gasteiger partial charge in [-0.2, -0.15) is 0 Å². The average Bonchev–Trinajstić information content (AvgIpc) is 2.93. The van der Waals surface area contributed by atoms with Crippen LogP contribution in [0.2, 0.25) is 0 Å². The minimum Gasteiger partial charge on any atom is -0.0776 e. The molecule has 5 rings (SSSR count).